The lowest BCUT2D eigenvalue weighted by atomic mass is 9.95. The zero-order chi connectivity index (χ0) is 33.8. The molecule has 0 spiro atoms. The molecule has 4 heterocycles. The molecule has 4 amide bonds. The molecule has 7 rings (SSSR count). The lowest BCUT2D eigenvalue weighted by molar-refractivity contribution is -0.136. The van der Waals surface area contributed by atoms with E-state index in [0.29, 0.717) is 59.3 Å². The van der Waals surface area contributed by atoms with Crippen LogP contribution in [-0.2, 0) is 16.1 Å². The van der Waals surface area contributed by atoms with Crippen molar-refractivity contribution >= 4 is 35.2 Å². The van der Waals surface area contributed by atoms with Crippen LogP contribution in [0.4, 0.5) is 0 Å². The number of benzene rings is 3. The molecule has 48 heavy (non-hydrogen) atoms. The summed E-state index contributed by atoms with van der Waals surface area (Å²) in [6.07, 6.45) is 0.462. The first-order chi connectivity index (χ1) is 23.2. The number of hydrogen-bond acceptors (Lipinski definition) is 8. The maximum absolute atomic E-state index is 13.9. The number of carbonyl (C=O) groups is 4. The zero-order valence-electron chi connectivity index (χ0n) is 26.7. The Labute approximate surface area is 283 Å². The van der Waals surface area contributed by atoms with Gasteiger partial charge in [-0.3, -0.25) is 19.2 Å². The van der Waals surface area contributed by atoms with Gasteiger partial charge in [-0.05, 0) is 73.0 Å². The van der Waals surface area contributed by atoms with Gasteiger partial charge in [-0.2, -0.15) is 0 Å². The predicted octanol–water partition coefficient (Wildman–Crippen LogP) is 3.31. The highest BCUT2D eigenvalue weighted by Crippen LogP contribution is 2.33. The fraction of sp³-hybridized carbons (Fsp3) is 0.371. The molecule has 0 saturated carbocycles. The second kappa shape index (κ2) is 14.4. The van der Waals surface area contributed by atoms with E-state index >= 15 is 0 Å². The average molecular weight is 677 g/mol. The van der Waals surface area contributed by atoms with Crippen molar-refractivity contribution < 1.29 is 38.1 Å². The first-order valence-corrected chi connectivity index (χ1v) is 16.2. The lowest BCUT2D eigenvalue weighted by Crippen LogP contribution is -2.46. The van der Waals surface area contributed by atoms with Crippen molar-refractivity contribution in [1.82, 2.24) is 20.4 Å². The Balaban J connectivity index is 1.21. The molecule has 2 fully saturated rings. The number of nitrogens with zero attached hydrogens (tertiary/aromatic N) is 2. The van der Waals surface area contributed by atoms with Crippen LogP contribution in [0.2, 0.25) is 5.02 Å². The van der Waals surface area contributed by atoms with Gasteiger partial charge < -0.3 is 39.4 Å². The molecule has 13 heteroatoms. The van der Waals surface area contributed by atoms with E-state index in [1.807, 2.05) is 6.07 Å². The minimum Gasteiger partial charge on any atom is -0.493 e. The minimum absolute atomic E-state index is 0.0423. The van der Waals surface area contributed by atoms with Gasteiger partial charge in [-0.25, -0.2) is 0 Å². The zero-order valence-corrected chi connectivity index (χ0v) is 27.5. The van der Waals surface area contributed by atoms with Crippen molar-refractivity contribution in [2.24, 2.45) is 5.92 Å². The third-order valence-corrected chi connectivity index (χ3v) is 9.15. The molecule has 0 aliphatic carbocycles. The predicted molar refractivity (Wildman–Crippen MR) is 176 cm³/mol. The van der Waals surface area contributed by atoms with Crippen molar-refractivity contribution in [3.8, 4) is 23.0 Å². The van der Waals surface area contributed by atoms with Crippen molar-refractivity contribution in [3.63, 3.8) is 0 Å². The molecule has 2 atom stereocenters. The lowest BCUT2D eigenvalue weighted by Gasteiger charge is -2.33. The van der Waals surface area contributed by atoms with Gasteiger partial charge in [0, 0.05) is 48.2 Å². The van der Waals surface area contributed by atoms with Crippen LogP contribution in [-0.4, -0.2) is 92.6 Å². The Hall–Kier alpha value is -4.97. The molecule has 2 N–H and O–H groups in total. The molecular weight excluding hydrogens is 640 g/mol. The number of hydrogen-bond donors (Lipinski definition) is 2. The van der Waals surface area contributed by atoms with Gasteiger partial charge in [0.1, 0.15) is 6.10 Å². The highest BCUT2D eigenvalue weighted by molar-refractivity contribution is 6.30. The highest BCUT2D eigenvalue weighted by atomic mass is 35.5. The Kier molecular flexibility index (Phi) is 9.90. The van der Waals surface area contributed by atoms with Gasteiger partial charge in [-0.15, -0.1) is 0 Å². The minimum atomic E-state index is -0.589. The van der Waals surface area contributed by atoms with Crippen LogP contribution in [0.25, 0.3) is 0 Å². The Morgan fingerprint density at radius 1 is 0.875 bits per heavy atom. The van der Waals surface area contributed by atoms with E-state index in [0.717, 1.165) is 5.56 Å². The Morgan fingerprint density at radius 3 is 2.35 bits per heavy atom. The number of halogens is 1. The van der Waals surface area contributed by atoms with Crippen LogP contribution in [0.3, 0.4) is 0 Å². The molecule has 12 nitrogen and oxygen atoms in total. The van der Waals surface area contributed by atoms with Gasteiger partial charge in [0.15, 0.2) is 29.6 Å². The fourth-order valence-corrected chi connectivity index (χ4v) is 6.36. The van der Waals surface area contributed by atoms with E-state index in [9.17, 15) is 19.2 Å². The Bertz CT molecular complexity index is 1690. The molecule has 4 bridgehead atoms. The molecule has 4 aliphatic heterocycles. The molecule has 252 valence electrons. The van der Waals surface area contributed by atoms with Gasteiger partial charge in [0.2, 0.25) is 5.91 Å². The van der Waals surface area contributed by atoms with Crippen molar-refractivity contribution in [2.75, 3.05) is 47.0 Å². The summed E-state index contributed by atoms with van der Waals surface area (Å²) in [7, 11) is 3.00. The van der Waals surface area contributed by atoms with E-state index in [1.165, 1.54) is 20.3 Å². The van der Waals surface area contributed by atoms with Crippen LogP contribution in [0.1, 0.15) is 39.1 Å². The number of carbonyl (C=O) groups excluding carboxylic acids is 4. The summed E-state index contributed by atoms with van der Waals surface area (Å²) >= 11 is 5.98. The van der Waals surface area contributed by atoms with Crippen molar-refractivity contribution in [2.45, 2.75) is 31.5 Å². The summed E-state index contributed by atoms with van der Waals surface area (Å²) in [5.41, 5.74) is 1.63. The highest BCUT2D eigenvalue weighted by Gasteiger charge is 2.41. The summed E-state index contributed by atoms with van der Waals surface area (Å²) in [5, 5.41) is 6.43. The van der Waals surface area contributed by atoms with E-state index in [2.05, 4.69) is 10.6 Å². The van der Waals surface area contributed by atoms with Crippen LogP contribution in [0.5, 0.6) is 23.0 Å². The molecule has 3 aromatic carbocycles. The molecule has 0 unspecified atom stereocenters. The number of ether oxygens (including phenoxy) is 4. The van der Waals surface area contributed by atoms with Gasteiger partial charge >= 0.3 is 0 Å². The summed E-state index contributed by atoms with van der Waals surface area (Å²) in [5.74, 6) is 0.351. The second-order valence-electron chi connectivity index (χ2n) is 12.0. The number of piperidine rings is 1. The number of likely N-dealkylation sites (tertiary alicyclic amines) is 2. The smallest absolute Gasteiger partial charge is 0.258 e. The number of methoxy groups -OCH3 is 2. The monoisotopic (exact) mass is 676 g/mol. The maximum atomic E-state index is 13.9. The SMILES string of the molecule is COc1ccc2cc1OCC(=O)NCc1ccc(c(OC)c1)O[C@H]1CN(C(=O)C3CCN(C(=O)c4ccc(Cl)cc4)CC3)C[C@@H]1NC2=O. The topological polar surface area (TPSA) is 136 Å². The van der Waals surface area contributed by atoms with Crippen molar-refractivity contribution in [3.05, 3.63) is 82.4 Å². The molecule has 2 saturated heterocycles. The quantitative estimate of drug-likeness (QED) is 0.430. The summed E-state index contributed by atoms with van der Waals surface area (Å²) in [4.78, 5) is 56.5. The molecular formula is C35H37ClN4O8. The molecule has 0 aromatic heterocycles. The number of rotatable bonds is 4. The van der Waals surface area contributed by atoms with E-state index in [1.54, 1.807) is 58.3 Å². The van der Waals surface area contributed by atoms with Gasteiger partial charge in [0.05, 0.1) is 26.8 Å². The van der Waals surface area contributed by atoms with Crippen LogP contribution in [0, 0.1) is 5.92 Å². The largest absolute Gasteiger partial charge is 0.493 e. The third-order valence-electron chi connectivity index (χ3n) is 8.90. The number of amides is 4. The fourth-order valence-electron chi connectivity index (χ4n) is 6.23. The average Bonchev–Trinajstić information content (AvgIpc) is 3.51. The van der Waals surface area contributed by atoms with E-state index < -0.39 is 18.1 Å². The van der Waals surface area contributed by atoms with Crippen molar-refractivity contribution in [1.29, 1.82) is 0 Å². The molecule has 0 radical (unpaired) electrons. The summed E-state index contributed by atoms with van der Waals surface area (Å²) in [6, 6.07) is 16.3. The number of nitrogens with one attached hydrogen (secondary N) is 2. The molecule has 4 aliphatic rings. The maximum Gasteiger partial charge on any atom is 0.258 e. The van der Waals surface area contributed by atoms with Crippen LogP contribution in [0.15, 0.2) is 60.7 Å². The second-order valence-corrected chi connectivity index (χ2v) is 12.4. The first kappa shape index (κ1) is 33.0. The third kappa shape index (κ3) is 7.28. The van der Waals surface area contributed by atoms with Crippen LogP contribution < -0.4 is 29.6 Å². The summed E-state index contributed by atoms with van der Waals surface area (Å²) < 4.78 is 23.2. The standard InChI is InChI=1S/C35H37ClN4O8/c1-45-27-10-6-24-16-30(27)47-20-32(41)37-17-21-3-9-28(29(15-21)46-2)48-31-19-40(18-26(31)38-33(24)42)35(44)23-11-13-39(14-12-23)34(43)22-4-7-25(36)8-5-22/h3-10,15-16,23,26,31H,11-14,17-20H2,1-2H3,(H,37,41)(H,38,42)/t26-,31-/m0/s1. The number of fused-ring (bicyclic) bond motifs is 7. The van der Waals surface area contributed by atoms with E-state index in [-0.39, 0.29) is 55.6 Å². The summed E-state index contributed by atoms with van der Waals surface area (Å²) in [6.45, 7) is 1.34. The van der Waals surface area contributed by atoms with Gasteiger partial charge in [0.25, 0.3) is 17.7 Å². The first-order valence-electron chi connectivity index (χ1n) is 15.8. The van der Waals surface area contributed by atoms with Gasteiger partial charge in [-0.1, -0.05) is 17.7 Å². The molecule has 3 aromatic rings. The Morgan fingerprint density at radius 2 is 1.62 bits per heavy atom. The normalized spacial score (nSPS) is 20.1. The van der Waals surface area contributed by atoms with E-state index in [4.69, 9.17) is 30.5 Å². The van der Waals surface area contributed by atoms with Crippen LogP contribution >= 0.6 is 11.6 Å².